The normalized spacial score (nSPS) is 34.6. The number of allylic oxidation sites excluding steroid dienone is 2. The predicted octanol–water partition coefficient (Wildman–Crippen LogP) is 5.54. The Bertz CT molecular complexity index is 1160. The van der Waals surface area contributed by atoms with Crippen molar-refractivity contribution in [1.82, 2.24) is 9.80 Å². The van der Waals surface area contributed by atoms with Gasteiger partial charge >= 0.3 is 12.1 Å². The summed E-state index contributed by atoms with van der Waals surface area (Å²) in [6.45, 7) is 15.2. The minimum absolute atomic E-state index is 0.00807. The highest BCUT2D eigenvalue weighted by atomic mass is 16.6. The van der Waals surface area contributed by atoms with Crippen LogP contribution in [0.5, 0.6) is 0 Å². The lowest BCUT2D eigenvalue weighted by molar-refractivity contribution is -0.151. The number of hydrogen-bond acceptors (Lipinski definition) is 9. The van der Waals surface area contributed by atoms with Crippen LogP contribution in [-0.2, 0) is 19.0 Å². The molecule has 0 saturated carbocycles. The fraction of sp³-hybridized carbons (Fsp3) is 0.795. The van der Waals surface area contributed by atoms with E-state index in [2.05, 4.69) is 4.90 Å². The molecule has 4 aliphatic heterocycles. The van der Waals surface area contributed by atoms with Gasteiger partial charge in [0.05, 0.1) is 36.4 Å². The van der Waals surface area contributed by atoms with E-state index in [0.29, 0.717) is 44.8 Å². The largest absolute Gasteiger partial charge is 0.457 e. The maximum Gasteiger partial charge on any atom is 0.410 e. The van der Waals surface area contributed by atoms with Gasteiger partial charge in [-0.3, -0.25) is 4.79 Å². The summed E-state index contributed by atoms with van der Waals surface area (Å²) in [6.07, 6.45) is 14.1. The minimum Gasteiger partial charge on any atom is -0.457 e. The van der Waals surface area contributed by atoms with Gasteiger partial charge in [0.1, 0.15) is 12.2 Å². The second-order valence-corrected chi connectivity index (χ2v) is 15.5. The summed E-state index contributed by atoms with van der Waals surface area (Å²) in [5.74, 6) is -0.752. The van der Waals surface area contributed by atoms with Gasteiger partial charge in [0.25, 0.3) is 0 Å². The van der Waals surface area contributed by atoms with Crippen LogP contribution in [0, 0.1) is 17.8 Å². The van der Waals surface area contributed by atoms with E-state index in [1.165, 1.54) is 19.3 Å². The van der Waals surface area contributed by atoms with Crippen LogP contribution in [0.3, 0.4) is 0 Å². The van der Waals surface area contributed by atoms with Crippen LogP contribution in [0.4, 0.5) is 4.79 Å². The molecule has 4 rings (SSSR count). The third-order valence-corrected chi connectivity index (χ3v) is 11.2. The lowest BCUT2D eigenvalue weighted by atomic mass is 9.91. The highest BCUT2D eigenvalue weighted by Gasteiger charge is 2.47. The highest BCUT2D eigenvalue weighted by Crippen LogP contribution is 2.37. The number of epoxide rings is 1. The predicted molar refractivity (Wildman–Crippen MR) is 190 cm³/mol. The zero-order valence-electron chi connectivity index (χ0n) is 30.8. The quantitative estimate of drug-likeness (QED) is 0.117. The van der Waals surface area contributed by atoms with Gasteiger partial charge in [-0.15, -0.1) is 0 Å². The standard InChI is InChI=1S/C39H64N2O8/c1-7-32(43)29(5)37-34(47-37)25-39(6,46)19-11-12-27(3)36-28(4)14-16-33(26(2)13-15-31(42)24-35(44)49-36)48-38(45)41-22-17-30(18-23-41)40-20-9-8-10-21-40/h11-12,14,16,19,26,28-34,36-37,42-43,46H,7-10,13,15,17-18,20-25H2,1-6H3/b16-14-,19-11+,27-12+. The summed E-state index contributed by atoms with van der Waals surface area (Å²) in [6, 6.07) is 0.540. The zero-order chi connectivity index (χ0) is 35.7. The van der Waals surface area contributed by atoms with Crippen LogP contribution in [0.2, 0.25) is 0 Å². The van der Waals surface area contributed by atoms with E-state index in [0.717, 1.165) is 31.5 Å². The number of piperidine rings is 2. The van der Waals surface area contributed by atoms with Crippen LogP contribution >= 0.6 is 0 Å². The molecule has 3 N–H and O–H groups in total. The van der Waals surface area contributed by atoms with Gasteiger partial charge in [0, 0.05) is 37.4 Å². The molecule has 0 bridgehead atoms. The van der Waals surface area contributed by atoms with Gasteiger partial charge in [-0.05, 0) is 89.4 Å². The number of ether oxygens (including phenoxy) is 3. The smallest absolute Gasteiger partial charge is 0.410 e. The van der Waals surface area contributed by atoms with E-state index in [4.69, 9.17) is 14.2 Å². The SMILES string of the molecule is CCC(O)C(C)C1OC1CC(C)(O)/C=C/C=C(\C)C1OC(=O)CC(O)CCC(C)C(OC(=O)N2CCC(N3CCCCC3)CC2)/C=C\C1C. The highest BCUT2D eigenvalue weighted by molar-refractivity contribution is 5.70. The Hall–Kier alpha value is -2.24. The number of amides is 1. The first-order valence-electron chi connectivity index (χ1n) is 18.9. The van der Waals surface area contributed by atoms with E-state index >= 15 is 0 Å². The van der Waals surface area contributed by atoms with Crippen molar-refractivity contribution in [2.45, 2.75) is 154 Å². The molecule has 0 spiro atoms. The van der Waals surface area contributed by atoms with Crippen LogP contribution in [0.1, 0.15) is 106 Å². The molecule has 10 unspecified atom stereocenters. The van der Waals surface area contributed by atoms with Crippen molar-refractivity contribution in [3.63, 3.8) is 0 Å². The van der Waals surface area contributed by atoms with Gasteiger partial charge in [0.2, 0.25) is 0 Å². The Labute approximate surface area is 294 Å². The molecule has 10 heteroatoms. The molecule has 10 atom stereocenters. The maximum atomic E-state index is 13.4. The number of rotatable bonds is 10. The fourth-order valence-corrected chi connectivity index (χ4v) is 7.69. The first-order chi connectivity index (χ1) is 23.3. The number of aliphatic hydroxyl groups is 3. The van der Waals surface area contributed by atoms with Crippen LogP contribution in [0.15, 0.2) is 36.0 Å². The number of aliphatic hydroxyl groups excluding tert-OH is 2. The van der Waals surface area contributed by atoms with Gasteiger partial charge in [-0.1, -0.05) is 58.4 Å². The zero-order valence-corrected chi connectivity index (χ0v) is 30.8. The number of nitrogens with zero attached hydrogens (tertiary/aromatic N) is 2. The second-order valence-electron chi connectivity index (χ2n) is 15.5. The summed E-state index contributed by atoms with van der Waals surface area (Å²) in [5.41, 5.74) is -0.343. The molecule has 4 aliphatic rings. The molecule has 10 nitrogen and oxygen atoms in total. The molecule has 49 heavy (non-hydrogen) atoms. The average molecular weight is 689 g/mol. The van der Waals surface area contributed by atoms with E-state index in [1.54, 1.807) is 19.1 Å². The first kappa shape index (κ1) is 39.5. The Balaban J connectivity index is 1.39. The molecule has 0 aromatic carbocycles. The van der Waals surface area contributed by atoms with Crippen LogP contribution in [-0.4, -0.2) is 112 Å². The summed E-state index contributed by atoms with van der Waals surface area (Å²) in [4.78, 5) is 30.7. The molecule has 278 valence electrons. The Morgan fingerprint density at radius 1 is 1.10 bits per heavy atom. The van der Waals surface area contributed by atoms with Gasteiger partial charge < -0.3 is 39.3 Å². The molecular formula is C39H64N2O8. The third kappa shape index (κ3) is 11.9. The Kier molecular flexibility index (Phi) is 14.8. The summed E-state index contributed by atoms with van der Waals surface area (Å²) >= 11 is 0. The molecule has 0 aromatic rings. The van der Waals surface area contributed by atoms with Crippen molar-refractivity contribution in [2.24, 2.45) is 17.8 Å². The first-order valence-corrected chi connectivity index (χ1v) is 18.9. The van der Waals surface area contributed by atoms with Crippen molar-refractivity contribution in [2.75, 3.05) is 26.2 Å². The number of carbonyl (C=O) groups is 2. The Morgan fingerprint density at radius 3 is 2.47 bits per heavy atom. The van der Waals surface area contributed by atoms with E-state index < -0.39 is 36.0 Å². The molecule has 3 fully saturated rings. The number of likely N-dealkylation sites (tertiary alicyclic amines) is 2. The summed E-state index contributed by atoms with van der Waals surface area (Å²) < 4.78 is 17.8. The van der Waals surface area contributed by atoms with E-state index in [1.807, 2.05) is 57.7 Å². The molecule has 1 amide bonds. The molecule has 3 saturated heterocycles. The van der Waals surface area contributed by atoms with Crippen molar-refractivity contribution >= 4 is 12.1 Å². The number of carbonyl (C=O) groups excluding carboxylic acids is 2. The summed E-state index contributed by atoms with van der Waals surface area (Å²) in [7, 11) is 0. The average Bonchev–Trinajstić information content (AvgIpc) is 3.84. The minimum atomic E-state index is -1.12. The van der Waals surface area contributed by atoms with Crippen molar-refractivity contribution in [3.05, 3.63) is 36.0 Å². The molecule has 4 heterocycles. The van der Waals surface area contributed by atoms with Gasteiger partial charge in [-0.25, -0.2) is 4.79 Å². The molecule has 0 aliphatic carbocycles. The maximum absolute atomic E-state index is 13.4. The summed E-state index contributed by atoms with van der Waals surface area (Å²) in [5, 5.41) is 31.9. The van der Waals surface area contributed by atoms with Crippen LogP contribution < -0.4 is 0 Å². The second kappa shape index (κ2) is 18.3. The van der Waals surface area contributed by atoms with Gasteiger partial charge in [0.15, 0.2) is 0 Å². The molecule has 0 aromatic heterocycles. The molecular weight excluding hydrogens is 624 g/mol. The lowest BCUT2D eigenvalue weighted by Gasteiger charge is -2.40. The van der Waals surface area contributed by atoms with E-state index in [-0.39, 0.29) is 42.5 Å². The van der Waals surface area contributed by atoms with Crippen molar-refractivity contribution in [3.8, 4) is 0 Å². The number of hydrogen-bond donors (Lipinski definition) is 3. The van der Waals surface area contributed by atoms with Crippen LogP contribution in [0.25, 0.3) is 0 Å². The van der Waals surface area contributed by atoms with E-state index in [9.17, 15) is 24.9 Å². The monoisotopic (exact) mass is 688 g/mol. The molecule has 0 radical (unpaired) electrons. The van der Waals surface area contributed by atoms with Crippen molar-refractivity contribution in [1.29, 1.82) is 0 Å². The Morgan fingerprint density at radius 2 is 1.80 bits per heavy atom. The lowest BCUT2D eigenvalue weighted by Crippen LogP contribution is -2.48. The number of cyclic esters (lactones) is 1. The topological polar surface area (TPSA) is 132 Å². The number of esters is 1. The third-order valence-electron chi connectivity index (χ3n) is 11.2. The van der Waals surface area contributed by atoms with Crippen molar-refractivity contribution < 1.29 is 39.1 Å². The fourth-order valence-electron chi connectivity index (χ4n) is 7.69. The van der Waals surface area contributed by atoms with Gasteiger partial charge in [-0.2, -0.15) is 0 Å².